The lowest BCUT2D eigenvalue weighted by Gasteiger charge is -2.32. The molecule has 0 bridgehead atoms. The van der Waals surface area contributed by atoms with E-state index in [2.05, 4.69) is 36.6 Å². The zero-order valence-corrected chi connectivity index (χ0v) is 13.2. The van der Waals surface area contributed by atoms with E-state index in [0.29, 0.717) is 12.0 Å². The van der Waals surface area contributed by atoms with E-state index in [9.17, 15) is 0 Å². The molecule has 2 aromatic heterocycles. The third-order valence-corrected chi connectivity index (χ3v) is 4.82. The van der Waals surface area contributed by atoms with Gasteiger partial charge in [0, 0.05) is 36.9 Å². The van der Waals surface area contributed by atoms with E-state index < -0.39 is 0 Å². The van der Waals surface area contributed by atoms with E-state index in [4.69, 9.17) is 0 Å². The Hall–Kier alpha value is -1.98. The topological polar surface area (TPSA) is 59.7 Å². The quantitative estimate of drug-likeness (QED) is 0.871. The summed E-state index contributed by atoms with van der Waals surface area (Å²) in [6.07, 6.45) is 8.68. The first-order valence-corrected chi connectivity index (χ1v) is 8.17. The second kappa shape index (κ2) is 5.34. The van der Waals surface area contributed by atoms with Crippen molar-refractivity contribution in [3.63, 3.8) is 0 Å². The lowest BCUT2D eigenvalue weighted by Crippen LogP contribution is -2.36. The van der Waals surface area contributed by atoms with Gasteiger partial charge in [-0.25, -0.2) is 9.97 Å². The first kappa shape index (κ1) is 13.7. The van der Waals surface area contributed by atoms with Gasteiger partial charge in [0.05, 0.1) is 0 Å². The minimum atomic E-state index is 0.432. The van der Waals surface area contributed by atoms with Crippen LogP contribution < -0.4 is 4.90 Å². The SMILES string of the molecule is Cc1cnc(N2CCCC(c3nncn3C3CC3)C2)nc1C. The Kier molecular flexibility index (Phi) is 3.32. The van der Waals surface area contributed by atoms with Crippen LogP contribution in [0.1, 0.15) is 54.7 Å². The molecule has 0 aromatic carbocycles. The van der Waals surface area contributed by atoms with Gasteiger partial charge in [0.25, 0.3) is 0 Å². The van der Waals surface area contributed by atoms with E-state index in [-0.39, 0.29) is 0 Å². The monoisotopic (exact) mass is 298 g/mol. The number of piperidine rings is 1. The van der Waals surface area contributed by atoms with Gasteiger partial charge in [-0.1, -0.05) is 0 Å². The van der Waals surface area contributed by atoms with Crippen LogP contribution >= 0.6 is 0 Å². The summed E-state index contributed by atoms with van der Waals surface area (Å²) < 4.78 is 2.29. The molecule has 6 nitrogen and oxygen atoms in total. The van der Waals surface area contributed by atoms with E-state index in [1.54, 1.807) is 0 Å². The summed E-state index contributed by atoms with van der Waals surface area (Å²) in [5.74, 6) is 2.43. The van der Waals surface area contributed by atoms with Crippen molar-refractivity contribution in [2.45, 2.75) is 51.5 Å². The third kappa shape index (κ3) is 2.46. The maximum Gasteiger partial charge on any atom is 0.225 e. The predicted octanol–water partition coefficient (Wildman–Crippen LogP) is 2.40. The second-order valence-corrected chi connectivity index (χ2v) is 6.55. The normalized spacial score (nSPS) is 22.1. The third-order valence-electron chi connectivity index (χ3n) is 4.82. The number of hydrogen-bond acceptors (Lipinski definition) is 5. The summed E-state index contributed by atoms with van der Waals surface area (Å²) in [6, 6.07) is 0.637. The highest BCUT2D eigenvalue weighted by Crippen LogP contribution is 2.38. The molecule has 3 heterocycles. The Bertz CT molecular complexity index is 675. The summed E-state index contributed by atoms with van der Waals surface area (Å²) >= 11 is 0. The van der Waals surface area contributed by atoms with Crippen LogP contribution in [0, 0.1) is 13.8 Å². The maximum absolute atomic E-state index is 4.65. The molecule has 116 valence electrons. The molecule has 2 aromatic rings. The second-order valence-electron chi connectivity index (χ2n) is 6.55. The van der Waals surface area contributed by atoms with Crippen molar-refractivity contribution < 1.29 is 0 Å². The van der Waals surface area contributed by atoms with Crippen LogP contribution in [0.15, 0.2) is 12.5 Å². The molecular weight excluding hydrogens is 276 g/mol. The number of rotatable bonds is 3. The van der Waals surface area contributed by atoms with E-state index in [1.807, 2.05) is 19.4 Å². The van der Waals surface area contributed by atoms with Gasteiger partial charge in [-0.2, -0.15) is 0 Å². The molecule has 1 saturated carbocycles. The highest BCUT2D eigenvalue weighted by atomic mass is 15.3. The van der Waals surface area contributed by atoms with E-state index >= 15 is 0 Å². The van der Waals surface area contributed by atoms with Crippen LogP contribution in [-0.2, 0) is 0 Å². The van der Waals surface area contributed by atoms with Crippen molar-refractivity contribution in [1.82, 2.24) is 24.7 Å². The fraction of sp³-hybridized carbons (Fsp3) is 0.625. The highest BCUT2D eigenvalue weighted by molar-refractivity contribution is 5.34. The van der Waals surface area contributed by atoms with Crippen molar-refractivity contribution in [2.75, 3.05) is 18.0 Å². The van der Waals surface area contributed by atoms with Gasteiger partial charge >= 0.3 is 0 Å². The molecule has 0 amide bonds. The van der Waals surface area contributed by atoms with Crippen molar-refractivity contribution in [2.24, 2.45) is 0 Å². The summed E-state index contributed by atoms with van der Waals surface area (Å²) in [4.78, 5) is 11.5. The van der Waals surface area contributed by atoms with Gasteiger partial charge in [0.15, 0.2) is 0 Å². The zero-order valence-electron chi connectivity index (χ0n) is 13.2. The average Bonchev–Trinajstić information content (AvgIpc) is 3.27. The predicted molar refractivity (Wildman–Crippen MR) is 84.0 cm³/mol. The molecule has 1 aliphatic carbocycles. The van der Waals surface area contributed by atoms with Crippen LogP contribution in [0.25, 0.3) is 0 Å². The zero-order chi connectivity index (χ0) is 15.1. The fourth-order valence-corrected chi connectivity index (χ4v) is 3.21. The lowest BCUT2D eigenvalue weighted by molar-refractivity contribution is 0.466. The standard InChI is InChI=1S/C16H22N6/c1-11-8-17-16(19-12(11)2)21-7-3-4-13(9-21)15-20-18-10-22(15)14-5-6-14/h8,10,13-14H,3-7,9H2,1-2H3. The number of hydrogen-bond donors (Lipinski definition) is 0. The van der Waals surface area contributed by atoms with Crippen LogP contribution in [-0.4, -0.2) is 37.8 Å². The first-order chi connectivity index (χ1) is 10.7. The highest BCUT2D eigenvalue weighted by Gasteiger charge is 2.31. The Morgan fingerprint density at radius 1 is 1.18 bits per heavy atom. The van der Waals surface area contributed by atoms with Crippen LogP contribution in [0.4, 0.5) is 5.95 Å². The molecule has 6 heteroatoms. The van der Waals surface area contributed by atoms with Gasteiger partial charge in [0.1, 0.15) is 12.2 Å². The van der Waals surface area contributed by atoms with Gasteiger partial charge in [-0.05, 0) is 45.1 Å². The van der Waals surface area contributed by atoms with Crippen molar-refractivity contribution in [3.05, 3.63) is 29.6 Å². The first-order valence-electron chi connectivity index (χ1n) is 8.17. The molecule has 1 aliphatic heterocycles. The molecule has 2 aliphatic rings. The number of anilines is 1. The molecule has 0 spiro atoms. The Morgan fingerprint density at radius 3 is 2.82 bits per heavy atom. The molecule has 22 heavy (non-hydrogen) atoms. The Morgan fingerprint density at radius 2 is 2.05 bits per heavy atom. The molecule has 0 radical (unpaired) electrons. The lowest BCUT2D eigenvalue weighted by atomic mass is 9.97. The molecule has 4 rings (SSSR count). The molecule has 1 atom stereocenters. The molecule has 1 saturated heterocycles. The summed E-state index contributed by atoms with van der Waals surface area (Å²) in [5, 5.41) is 8.55. The van der Waals surface area contributed by atoms with Crippen LogP contribution in [0.3, 0.4) is 0 Å². The largest absolute Gasteiger partial charge is 0.340 e. The number of nitrogens with zero attached hydrogens (tertiary/aromatic N) is 6. The van der Waals surface area contributed by atoms with E-state index in [1.165, 1.54) is 19.3 Å². The fourth-order valence-electron chi connectivity index (χ4n) is 3.21. The molecule has 1 unspecified atom stereocenters. The molecule has 2 fully saturated rings. The maximum atomic E-state index is 4.65. The van der Waals surface area contributed by atoms with E-state index in [0.717, 1.165) is 42.5 Å². The minimum absolute atomic E-state index is 0.432. The van der Waals surface area contributed by atoms with Gasteiger partial charge in [-0.3, -0.25) is 0 Å². The van der Waals surface area contributed by atoms with Crippen molar-refractivity contribution >= 4 is 5.95 Å². The number of aromatic nitrogens is 5. The van der Waals surface area contributed by atoms with Gasteiger partial charge < -0.3 is 9.47 Å². The summed E-state index contributed by atoms with van der Waals surface area (Å²) in [5.41, 5.74) is 2.21. The molecular formula is C16H22N6. The Labute approximate surface area is 130 Å². The smallest absolute Gasteiger partial charge is 0.225 e. The van der Waals surface area contributed by atoms with Crippen LogP contribution in [0.2, 0.25) is 0 Å². The Balaban J connectivity index is 1.56. The summed E-state index contributed by atoms with van der Waals surface area (Å²) in [6.45, 7) is 6.06. The molecule has 0 N–H and O–H groups in total. The minimum Gasteiger partial charge on any atom is -0.340 e. The average molecular weight is 298 g/mol. The number of aryl methyl sites for hydroxylation is 2. The van der Waals surface area contributed by atoms with Gasteiger partial charge in [0.2, 0.25) is 5.95 Å². The van der Waals surface area contributed by atoms with Crippen LogP contribution in [0.5, 0.6) is 0 Å². The van der Waals surface area contributed by atoms with Crippen molar-refractivity contribution in [3.8, 4) is 0 Å². The van der Waals surface area contributed by atoms with Crippen molar-refractivity contribution in [1.29, 1.82) is 0 Å². The summed E-state index contributed by atoms with van der Waals surface area (Å²) in [7, 11) is 0. The van der Waals surface area contributed by atoms with Gasteiger partial charge in [-0.15, -0.1) is 10.2 Å².